The highest BCUT2D eigenvalue weighted by atomic mass is 16.2. The molecule has 0 saturated heterocycles. The number of aryl methyl sites for hydroxylation is 2. The van der Waals surface area contributed by atoms with Crippen molar-refractivity contribution in [2.24, 2.45) is 0 Å². The summed E-state index contributed by atoms with van der Waals surface area (Å²) in [4.78, 5) is 23.1. The van der Waals surface area contributed by atoms with Crippen LogP contribution in [-0.4, -0.2) is 29.5 Å². The van der Waals surface area contributed by atoms with Crippen LogP contribution in [-0.2, 0) is 11.2 Å². The van der Waals surface area contributed by atoms with Crippen molar-refractivity contribution in [1.82, 2.24) is 9.97 Å². The number of para-hydroxylation sites is 1. The van der Waals surface area contributed by atoms with Crippen LogP contribution in [0, 0.1) is 6.92 Å². The Hall–Kier alpha value is -2.95. The number of amides is 1. The van der Waals surface area contributed by atoms with E-state index < -0.39 is 0 Å². The number of nitrogens with zero attached hydrogens (tertiary/aromatic N) is 3. The van der Waals surface area contributed by atoms with Crippen LogP contribution < -0.4 is 10.2 Å². The van der Waals surface area contributed by atoms with E-state index in [1.807, 2.05) is 61.3 Å². The van der Waals surface area contributed by atoms with Gasteiger partial charge in [0.1, 0.15) is 12.1 Å². The van der Waals surface area contributed by atoms with Gasteiger partial charge in [0.2, 0.25) is 5.91 Å². The van der Waals surface area contributed by atoms with E-state index in [-0.39, 0.29) is 12.5 Å². The van der Waals surface area contributed by atoms with Gasteiger partial charge in [-0.2, -0.15) is 0 Å². The normalized spacial score (nSPS) is 10.7. The molecule has 5 heteroatoms. The smallest absolute Gasteiger partial charge is 0.243 e. The molecule has 3 rings (SSSR count). The molecule has 3 aromatic rings. The maximum atomic E-state index is 12.5. The molecular weight excluding hydrogens is 312 g/mol. The summed E-state index contributed by atoms with van der Waals surface area (Å²) in [5.74, 6) is 0.700. The molecular formula is C20H22N4O. The SMILES string of the molecule is CCc1ccccc1NC(=O)CN(C)c1ncnc2cccc(C)c12. The lowest BCUT2D eigenvalue weighted by Crippen LogP contribution is -2.31. The topological polar surface area (TPSA) is 58.1 Å². The molecule has 1 aromatic heterocycles. The van der Waals surface area contributed by atoms with Crippen molar-refractivity contribution in [2.75, 3.05) is 23.8 Å². The largest absolute Gasteiger partial charge is 0.350 e. The monoisotopic (exact) mass is 334 g/mol. The van der Waals surface area contributed by atoms with Crippen molar-refractivity contribution in [1.29, 1.82) is 0 Å². The number of benzene rings is 2. The molecule has 128 valence electrons. The minimum atomic E-state index is -0.0660. The zero-order chi connectivity index (χ0) is 17.8. The maximum Gasteiger partial charge on any atom is 0.243 e. The van der Waals surface area contributed by atoms with E-state index in [0.717, 1.165) is 40.0 Å². The highest BCUT2D eigenvalue weighted by molar-refractivity contribution is 5.97. The molecule has 0 unspecified atom stereocenters. The first-order chi connectivity index (χ1) is 12.1. The van der Waals surface area contributed by atoms with Crippen LogP contribution in [0.25, 0.3) is 10.9 Å². The van der Waals surface area contributed by atoms with Crippen molar-refractivity contribution in [3.8, 4) is 0 Å². The van der Waals surface area contributed by atoms with Gasteiger partial charge in [0.25, 0.3) is 0 Å². The molecule has 0 aliphatic heterocycles. The van der Waals surface area contributed by atoms with E-state index in [2.05, 4.69) is 22.2 Å². The predicted octanol–water partition coefficient (Wildman–Crippen LogP) is 3.58. The summed E-state index contributed by atoms with van der Waals surface area (Å²) in [5, 5.41) is 3.98. The van der Waals surface area contributed by atoms with Crippen molar-refractivity contribution >= 4 is 28.3 Å². The second kappa shape index (κ2) is 7.30. The Balaban J connectivity index is 1.81. The number of nitrogens with one attached hydrogen (secondary N) is 1. The molecule has 0 fully saturated rings. The van der Waals surface area contributed by atoms with Crippen LogP contribution in [0.3, 0.4) is 0 Å². The fraction of sp³-hybridized carbons (Fsp3) is 0.250. The van der Waals surface area contributed by atoms with Gasteiger partial charge in [0.05, 0.1) is 12.1 Å². The Morgan fingerprint density at radius 2 is 1.92 bits per heavy atom. The quantitative estimate of drug-likeness (QED) is 0.775. The van der Waals surface area contributed by atoms with Gasteiger partial charge in [-0.25, -0.2) is 9.97 Å². The summed E-state index contributed by atoms with van der Waals surface area (Å²) >= 11 is 0. The third-order valence-electron chi connectivity index (χ3n) is 4.27. The number of aromatic nitrogens is 2. The molecule has 5 nitrogen and oxygen atoms in total. The number of likely N-dealkylation sites (N-methyl/N-ethyl adjacent to an activating group) is 1. The molecule has 25 heavy (non-hydrogen) atoms. The van der Waals surface area contributed by atoms with E-state index in [1.165, 1.54) is 6.33 Å². The summed E-state index contributed by atoms with van der Waals surface area (Å²) in [5.41, 5.74) is 3.97. The van der Waals surface area contributed by atoms with Crippen molar-refractivity contribution in [3.05, 3.63) is 59.9 Å². The Bertz CT molecular complexity index is 902. The highest BCUT2D eigenvalue weighted by Gasteiger charge is 2.14. The zero-order valence-corrected chi connectivity index (χ0v) is 14.8. The van der Waals surface area contributed by atoms with Crippen LogP contribution in [0.5, 0.6) is 0 Å². The van der Waals surface area contributed by atoms with Crippen LogP contribution in [0.4, 0.5) is 11.5 Å². The Morgan fingerprint density at radius 3 is 2.72 bits per heavy atom. The van der Waals surface area contributed by atoms with Crippen molar-refractivity contribution < 1.29 is 4.79 Å². The molecule has 0 radical (unpaired) electrons. The lowest BCUT2D eigenvalue weighted by molar-refractivity contribution is -0.114. The van der Waals surface area contributed by atoms with Gasteiger partial charge in [-0.15, -0.1) is 0 Å². The number of carbonyl (C=O) groups excluding carboxylic acids is 1. The molecule has 0 atom stereocenters. The molecule has 0 bridgehead atoms. The van der Waals surface area contributed by atoms with E-state index in [9.17, 15) is 4.79 Å². The predicted molar refractivity (Wildman–Crippen MR) is 102 cm³/mol. The van der Waals surface area contributed by atoms with E-state index in [0.29, 0.717) is 0 Å². The number of fused-ring (bicyclic) bond motifs is 1. The highest BCUT2D eigenvalue weighted by Crippen LogP contribution is 2.25. The van der Waals surface area contributed by atoms with Gasteiger partial charge < -0.3 is 10.2 Å². The van der Waals surface area contributed by atoms with E-state index in [1.54, 1.807) is 0 Å². The molecule has 0 saturated carbocycles. The summed E-state index contributed by atoms with van der Waals surface area (Å²) in [6, 6.07) is 13.8. The third-order valence-corrected chi connectivity index (χ3v) is 4.27. The molecule has 0 aliphatic rings. The lowest BCUT2D eigenvalue weighted by atomic mass is 10.1. The standard InChI is InChI=1S/C20H22N4O/c1-4-15-9-5-6-10-16(15)23-18(25)12-24(3)20-19-14(2)8-7-11-17(19)21-13-22-20/h5-11,13H,4,12H2,1-3H3,(H,23,25). The fourth-order valence-corrected chi connectivity index (χ4v) is 2.98. The summed E-state index contributed by atoms with van der Waals surface area (Å²) in [6.45, 7) is 4.33. The average molecular weight is 334 g/mol. The summed E-state index contributed by atoms with van der Waals surface area (Å²) < 4.78 is 0. The Morgan fingerprint density at radius 1 is 1.12 bits per heavy atom. The van der Waals surface area contributed by atoms with Crippen molar-refractivity contribution in [2.45, 2.75) is 20.3 Å². The van der Waals surface area contributed by atoms with Crippen molar-refractivity contribution in [3.63, 3.8) is 0 Å². The van der Waals surface area contributed by atoms with E-state index >= 15 is 0 Å². The molecule has 1 amide bonds. The molecule has 0 spiro atoms. The zero-order valence-electron chi connectivity index (χ0n) is 14.8. The number of carbonyl (C=O) groups is 1. The fourth-order valence-electron chi connectivity index (χ4n) is 2.98. The Kier molecular flexibility index (Phi) is 4.93. The first kappa shape index (κ1) is 16.9. The number of rotatable bonds is 5. The number of anilines is 2. The van der Waals surface area contributed by atoms with Gasteiger partial charge in [0.15, 0.2) is 0 Å². The molecule has 1 N–H and O–H groups in total. The average Bonchev–Trinajstić information content (AvgIpc) is 2.62. The van der Waals surface area contributed by atoms with Crippen LogP contribution in [0.1, 0.15) is 18.1 Å². The van der Waals surface area contributed by atoms with Gasteiger partial charge in [-0.1, -0.05) is 37.3 Å². The maximum absolute atomic E-state index is 12.5. The van der Waals surface area contributed by atoms with E-state index in [4.69, 9.17) is 0 Å². The third kappa shape index (κ3) is 3.60. The van der Waals surface area contributed by atoms with Gasteiger partial charge in [-0.3, -0.25) is 4.79 Å². The minimum Gasteiger partial charge on any atom is -0.350 e. The Labute approximate surface area is 147 Å². The molecule has 1 heterocycles. The minimum absolute atomic E-state index is 0.0660. The van der Waals surface area contributed by atoms with Crippen LogP contribution >= 0.6 is 0 Å². The van der Waals surface area contributed by atoms with Crippen LogP contribution in [0.15, 0.2) is 48.8 Å². The lowest BCUT2D eigenvalue weighted by Gasteiger charge is -2.20. The van der Waals surface area contributed by atoms with Crippen LogP contribution in [0.2, 0.25) is 0 Å². The second-order valence-electron chi connectivity index (χ2n) is 6.08. The first-order valence-electron chi connectivity index (χ1n) is 8.39. The number of hydrogen-bond donors (Lipinski definition) is 1. The molecule has 2 aromatic carbocycles. The second-order valence-corrected chi connectivity index (χ2v) is 6.08. The van der Waals surface area contributed by atoms with Gasteiger partial charge in [-0.05, 0) is 36.6 Å². The summed E-state index contributed by atoms with van der Waals surface area (Å²) in [7, 11) is 1.87. The van der Waals surface area contributed by atoms with Gasteiger partial charge in [0, 0.05) is 18.1 Å². The first-order valence-corrected chi connectivity index (χ1v) is 8.39. The summed E-state index contributed by atoms with van der Waals surface area (Å²) in [6.07, 6.45) is 2.42. The molecule has 0 aliphatic carbocycles. The number of hydrogen-bond acceptors (Lipinski definition) is 4. The van der Waals surface area contributed by atoms with Gasteiger partial charge >= 0.3 is 0 Å².